The van der Waals surface area contributed by atoms with Gasteiger partial charge < -0.3 is 10.1 Å². The number of imidazole rings is 1. The highest BCUT2D eigenvalue weighted by molar-refractivity contribution is 5.75. The first kappa shape index (κ1) is 9.98. The molecule has 4 heteroatoms. The van der Waals surface area contributed by atoms with Crippen LogP contribution >= 0.6 is 0 Å². The fourth-order valence-corrected chi connectivity index (χ4v) is 1.72. The zero-order chi connectivity index (χ0) is 10.8. The van der Waals surface area contributed by atoms with E-state index in [4.69, 9.17) is 5.11 Å². The van der Waals surface area contributed by atoms with Crippen LogP contribution in [-0.2, 0) is 13.5 Å². The molecule has 0 saturated carbocycles. The molecule has 0 unspecified atom stereocenters. The molecule has 0 saturated heterocycles. The normalized spacial score (nSPS) is 11.1. The standard InChI is InChI=1S/C11H14N2O2/c1-13-10-5-4-8(3-2-6-14)7-9(10)12-11(13)15/h4-5,7,14H,2-3,6H2,1H3,(H,12,15). The lowest BCUT2D eigenvalue weighted by Crippen LogP contribution is -2.11. The van der Waals surface area contributed by atoms with Crippen LogP contribution < -0.4 is 5.69 Å². The molecule has 0 bridgehead atoms. The van der Waals surface area contributed by atoms with Gasteiger partial charge in [-0.2, -0.15) is 0 Å². The topological polar surface area (TPSA) is 58.0 Å². The predicted octanol–water partition coefficient (Wildman–Crippen LogP) is 0.791. The molecule has 0 atom stereocenters. The Hall–Kier alpha value is -1.55. The van der Waals surface area contributed by atoms with Crippen LogP contribution in [0.1, 0.15) is 12.0 Å². The number of aromatic amines is 1. The number of hydrogen-bond acceptors (Lipinski definition) is 2. The largest absolute Gasteiger partial charge is 0.396 e. The number of fused-ring (bicyclic) bond motifs is 1. The van der Waals surface area contributed by atoms with Gasteiger partial charge in [-0.05, 0) is 30.5 Å². The van der Waals surface area contributed by atoms with Crippen LogP contribution in [0.3, 0.4) is 0 Å². The van der Waals surface area contributed by atoms with Crippen molar-refractivity contribution >= 4 is 11.0 Å². The molecule has 80 valence electrons. The van der Waals surface area contributed by atoms with E-state index >= 15 is 0 Å². The van der Waals surface area contributed by atoms with Crippen molar-refractivity contribution in [2.24, 2.45) is 7.05 Å². The van der Waals surface area contributed by atoms with Crippen molar-refractivity contribution in [1.29, 1.82) is 0 Å². The maximum atomic E-state index is 11.3. The predicted molar refractivity (Wildman–Crippen MR) is 58.9 cm³/mol. The second-order valence-corrected chi connectivity index (χ2v) is 3.67. The number of rotatable bonds is 3. The van der Waals surface area contributed by atoms with E-state index in [0.717, 1.165) is 29.4 Å². The van der Waals surface area contributed by atoms with Crippen molar-refractivity contribution in [1.82, 2.24) is 9.55 Å². The highest BCUT2D eigenvalue weighted by Crippen LogP contribution is 2.13. The first-order chi connectivity index (χ1) is 7.22. The van der Waals surface area contributed by atoms with E-state index < -0.39 is 0 Å². The Labute approximate surface area is 87.2 Å². The van der Waals surface area contributed by atoms with Crippen molar-refractivity contribution in [3.05, 3.63) is 34.2 Å². The van der Waals surface area contributed by atoms with Crippen molar-refractivity contribution < 1.29 is 5.11 Å². The van der Waals surface area contributed by atoms with Crippen LogP contribution in [0.25, 0.3) is 11.0 Å². The van der Waals surface area contributed by atoms with Crippen LogP contribution in [0.2, 0.25) is 0 Å². The number of H-pyrrole nitrogens is 1. The number of aliphatic hydroxyl groups is 1. The van der Waals surface area contributed by atoms with Crippen molar-refractivity contribution in [2.75, 3.05) is 6.61 Å². The molecular weight excluding hydrogens is 192 g/mol. The van der Waals surface area contributed by atoms with Gasteiger partial charge in [0, 0.05) is 13.7 Å². The summed E-state index contributed by atoms with van der Waals surface area (Å²) in [4.78, 5) is 14.1. The van der Waals surface area contributed by atoms with Crippen LogP contribution in [-0.4, -0.2) is 21.3 Å². The second kappa shape index (κ2) is 3.90. The van der Waals surface area contributed by atoms with E-state index in [2.05, 4.69) is 4.98 Å². The third kappa shape index (κ3) is 1.80. The highest BCUT2D eigenvalue weighted by atomic mass is 16.2. The van der Waals surface area contributed by atoms with Crippen molar-refractivity contribution in [3.8, 4) is 0 Å². The Morgan fingerprint density at radius 1 is 1.47 bits per heavy atom. The number of aliphatic hydroxyl groups excluding tert-OH is 1. The molecule has 0 amide bonds. The zero-order valence-electron chi connectivity index (χ0n) is 8.66. The average molecular weight is 206 g/mol. The minimum Gasteiger partial charge on any atom is -0.396 e. The Morgan fingerprint density at radius 3 is 3.00 bits per heavy atom. The summed E-state index contributed by atoms with van der Waals surface area (Å²) in [5.74, 6) is 0. The molecule has 0 spiro atoms. The van der Waals surface area contributed by atoms with Gasteiger partial charge in [0.15, 0.2) is 0 Å². The number of benzene rings is 1. The maximum absolute atomic E-state index is 11.3. The molecule has 2 aromatic rings. The number of aryl methyl sites for hydroxylation is 2. The number of hydrogen-bond donors (Lipinski definition) is 2. The first-order valence-corrected chi connectivity index (χ1v) is 5.01. The number of nitrogens with one attached hydrogen (secondary N) is 1. The lowest BCUT2D eigenvalue weighted by molar-refractivity contribution is 0.288. The fourth-order valence-electron chi connectivity index (χ4n) is 1.72. The van der Waals surface area contributed by atoms with Crippen molar-refractivity contribution in [3.63, 3.8) is 0 Å². The Morgan fingerprint density at radius 2 is 2.27 bits per heavy atom. The van der Waals surface area contributed by atoms with Crippen LogP contribution in [0.15, 0.2) is 23.0 Å². The summed E-state index contributed by atoms with van der Waals surface area (Å²) < 4.78 is 1.59. The smallest absolute Gasteiger partial charge is 0.326 e. The average Bonchev–Trinajstić information content (AvgIpc) is 2.52. The maximum Gasteiger partial charge on any atom is 0.326 e. The molecule has 0 fully saturated rings. The van der Waals surface area contributed by atoms with E-state index in [1.54, 1.807) is 11.6 Å². The van der Waals surface area contributed by atoms with Gasteiger partial charge >= 0.3 is 5.69 Å². The zero-order valence-corrected chi connectivity index (χ0v) is 8.66. The van der Waals surface area contributed by atoms with Crippen LogP contribution in [0, 0.1) is 0 Å². The number of nitrogens with zero attached hydrogens (tertiary/aromatic N) is 1. The van der Waals surface area contributed by atoms with Gasteiger partial charge in [-0.1, -0.05) is 6.07 Å². The van der Waals surface area contributed by atoms with Gasteiger partial charge in [-0.25, -0.2) is 4.79 Å². The van der Waals surface area contributed by atoms with Crippen LogP contribution in [0.5, 0.6) is 0 Å². The quantitative estimate of drug-likeness (QED) is 0.780. The monoisotopic (exact) mass is 206 g/mol. The minimum atomic E-state index is -0.0932. The molecule has 0 aliphatic rings. The Bertz CT molecular complexity index is 525. The van der Waals surface area contributed by atoms with Gasteiger partial charge in [0.1, 0.15) is 0 Å². The van der Waals surface area contributed by atoms with E-state index in [-0.39, 0.29) is 12.3 Å². The van der Waals surface area contributed by atoms with Gasteiger partial charge in [0.2, 0.25) is 0 Å². The summed E-state index contributed by atoms with van der Waals surface area (Å²) in [5.41, 5.74) is 2.81. The molecule has 2 rings (SSSR count). The molecule has 2 N–H and O–H groups in total. The molecule has 0 aliphatic carbocycles. The van der Waals surface area contributed by atoms with Gasteiger partial charge in [-0.3, -0.25) is 4.57 Å². The molecule has 0 aliphatic heterocycles. The SMILES string of the molecule is Cn1c(=O)[nH]c2cc(CCCO)ccc21. The summed E-state index contributed by atoms with van der Waals surface area (Å²) in [5, 5.41) is 8.73. The summed E-state index contributed by atoms with van der Waals surface area (Å²) in [7, 11) is 1.74. The van der Waals surface area contributed by atoms with E-state index in [1.807, 2.05) is 18.2 Å². The van der Waals surface area contributed by atoms with E-state index in [0.29, 0.717) is 0 Å². The molecular formula is C11H14N2O2. The van der Waals surface area contributed by atoms with Crippen molar-refractivity contribution in [2.45, 2.75) is 12.8 Å². The lowest BCUT2D eigenvalue weighted by Gasteiger charge is -1.99. The summed E-state index contributed by atoms with van der Waals surface area (Å²) in [6.45, 7) is 0.198. The minimum absolute atomic E-state index is 0.0932. The van der Waals surface area contributed by atoms with E-state index in [9.17, 15) is 4.79 Å². The second-order valence-electron chi connectivity index (χ2n) is 3.67. The highest BCUT2D eigenvalue weighted by Gasteiger charge is 2.03. The Balaban J connectivity index is 2.43. The van der Waals surface area contributed by atoms with Crippen LogP contribution in [0.4, 0.5) is 0 Å². The third-order valence-electron chi connectivity index (χ3n) is 2.59. The third-order valence-corrected chi connectivity index (χ3v) is 2.59. The number of aromatic nitrogens is 2. The Kier molecular flexibility index (Phi) is 2.60. The summed E-state index contributed by atoms with van der Waals surface area (Å²) in [6, 6.07) is 5.89. The molecule has 4 nitrogen and oxygen atoms in total. The molecule has 15 heavy (non-hydrogen) atoms. The van der Waals surface area contributed by atoms with Gasteiger partial charge in [-0.15, -0.1) is 0 Å². The van der Waals surface area contributed by atoms with E-state index in [1.165, 1.54) is 0 Å². The lowest BCUT2D eigenvalue weighted by atomic mass is 10.1. The summed E-state index contributed by atoms with van der Waals surface area (Å²) in [6.07, 6.45) is 1.59. The molecule has 1 aromatic carbocycles. The molecule has 0 radical (unpaired) electrons. The fraction of sp³-hybridized carbons (Fsp3) is 0.364. The first-order valence-electron chi connectivity index (χ1n) is 5.01. The summed E-state index contributed by atoms with van der Waals surface area (Å²) >= 11 is 0. The van der Waals surface area contributed by atoms with Gasteiger partial charge in [0.05, 0.1) is 11.0 Å². The van der Waals surface area contributed by atoms with Gasteiger partial charge in [0.25, 0.3) is 0 Å². The molecule has 1 heterocycles. The molecule has 1 aromatic heterocycles.